The van der Waals surface area contributed by atoms with E-state index in [0.717, 1.165) is 0 Å². The minimum Gasteiger partial charge on any atom is -0.389 e. The van der Waals surface area contributed by atoms with Crippen molar-refractivity contribution in [2.24, 2.45) is 5.73 Å². The highest BCUT2D eigenvalue weighted by Gasteiger charge is 2.26. The van der Waals surface area contributed by atoms with Gasteiger partial charge in [-0.05, 0) is 0 Å². The van der Waals surface area contributed by atoms with Gasteiger partial charge in [-0.1, -0.05) is 0 Å². The van der Waals surface area contributed by atoms with E-state index in [1.807, 2.05) is 0 Å². The molecule has 0 aliphatic carbocycles. The van der Waals surface area contributed by atoms with Crippen molar-refractivity contribution in [2.75, 3.05) is 13.2 Å². The van der Waals surface area contributed by atoms with Gasteiger partial charge in [0.25, 0.3) is 0 Å². The normalized spacial score (nSPS) is 19.0. The molecule has 9 heteroatoms. The highest BCUT2D eigenvalue weighted by atomic mass is 31.2. The smallest absolute Gasteiger partial charge is 0.389 e. The maximum Gasteiger partial charge on any atom is 0.469 e. The maximum absolute atomic E-state index is 10.2. The van der Waals surface area contributed by atoms with E-state index in [4.69, 9.17) is 30.8 Å². The second kappa shape index (κ2) is 5.74. The molecule has 0 aliphatic rings. The third-order valence-corrected chi connectivity index (χ3v) is 1.93. The van der Waals surface area contributed by atoms with E-state index in [-0.39, 0.29) is 6.54 Å². The summed E-state index contributed by atoms with van der Waals surface area (Å²) in [6.45, 7) is -1.07. The summed E-state index contributed by atoms with van der Waals surface area (Å²) in [6, 6.07) is 0. The number of rotatable bonds is 6. The predicted octanol–water partition coefficient (Wildman–Crippen LogP) is -2.86. The molecule has 0 fully saturated rings. The van der Waals surface area contributed by atoms with E-state index in [2.05, 4.69) is 4.52 Å². The fraction of sp³-hybridized carbons (Fsp3) is 1.00. The van der Waals surface area contributed by atoms with Crippen molar-refractivity contribution in [1.29, 1.82) is 0 Å². The Morgan fingerprint density at radius 3 is 2.07 bits per heavy atom. The molecule has 0 saturated carbocycles. The Balaban J connectivity index is 3.96. The molecular weight excluding hydrogens is 217 g/mol. The summed E-state index contributed by atoms with van der Waals surface area (Å²) in [4.78, 5) is 16.5. The number of aliphatic hydroxyl groups is 3. The van der Waals surface area contributed by atoms with Crippen LogP contribution < -0.4 is 5.73 Å². The van der Waals surface area contributed by atoms with Crippen LogP contribution in [-0.2, 0) is 9.09 Å². The van der Waals surface area contributed by atoms with Crippen LogP contribution >= 0.6 is 7.82 Å². The molecule has 0 radical (unpaired) electrons. The molecule has 0 aromatic rings. The molecule has 0 rings (SSSR count). The van der Waals surface area contributed by atoms with Gasteiger partial charge < -0.3 is 30.8 Å². The van der Waals surface area contributed by atoms with E-state index in [1.54, 1.807) is 0 Å². The first-order chi connectivity index (χ1) is 6.28. The monoisotopic (exact) mass is 231 g/mol. The average molecular weight is 231 g/mol. The Hall–Kier alpha value is -0.0500. The van der Waals surface area contributed by atoms with Crippen LogP contribution in [0.2, 0.25) is 0 Å². The lowest BCUT2D eigenvalue weighted by molar-refractivity contribution is -0.0717. The van der Waals surface area contributed by atoms with Gasteiger partial charge in [0.05, 0.1) is 12.7 Å². The van der Waals surface area contributed by atoms with Crippen molar-refractivity contribution >= 4 is 7.82 Å². The molecule has 7 N–H and O–H groups in total. The third-order valence-electron chi connectivity index (χ3n) is 1.44. The molecule has 0 unspecified atom stereocenters. The number of phosphoric ester groups is 1. The van der Waals surface area contributed by atoms with Gasteiger partial charge in [-0.2, -0.15) is 0 Å². The van der Waals surface area contributed by atoms with Crippen molar-refractivity contribution in [3.8, 4) is 0 Å². The van der Waals surface area contributed by atoms with Crippen LogP contribution in [0.5, 0.6) is 0 Å². The van der Waals surface area contributed by atoms with Crippen LogP contribution in [0, 0.1) is 0 Å². The lowest BCUT2D eigenvalue weighted by atomic mass is 10.1. The molecule has 14 heavy (non-hydrogen) atoms. The van der Waals surface area contributed by atoms with Crippen LogP contribution in [0.25, 0.3) is 0 Å². The van der Waals surface area contributed by atoms with Crippen molar-refractivity contribution in [2.45, 2.75) is 18.3 Å². The first-order valence-electron chi connectivity index (χ1n) is 3.72. The Kier molecular flexibility index (Phi) is 5.72. The van der Waals surface area contributed by atoms with Crippen molar-refractivity contribution in [3.63, 3.8) is 0 Å². The van der Waals surface area contributed by atoms with Gasteiger partial charge in [0.2, 0.25) is 0 Å². The highest BCUT2D eigenvalue weighted by molar-refractivity contribution is 7.46. The zero-order valence-electron chi connectivity index (χ0n) is 7.22. The molecule has 0 aromatic heterocycles. The summed E-state index contributed by atoms with van der Waals surface area (Å²) in [7, 11) is -4.68. The summed E-state index contributed by atoms with van der Waals surface area (Å²) in [6.07, 6.45) is -4.59. The molecule has 0 aliphatic heterocycles. The van der Waals surface area contributed by atoms with Gasteiger partial charge in [0.15, 0.2) is 0 Å². The van der Waals surface area contributed by atoms with Crippen LogP contribution in [-0.4, -0.2) is 56.6 Å². The van der Waals surface area contributed by atoms with Gasteiger partial charge in [0.1, 0.15) is 12.2 Å². The zero-order chi connectivity index (χ0) is 11.4. The number of hydrogen-bond acceptors (Lipinski definition) is 6. The molecule has 0 bridgehead atoms. The predicted molar refractivity (Wildman–Crippen MR) is 45.1 cm³/mol. The Morgan fingerprint density at radius 2 is 1.71 bits per heavy atom. The van der Waals surface area contributed by atoms with Crippen molar-refractivity contribution in [1.82, 2.24) is 0 Å². The van der Waals surface area contributed by atoms with Crippen molar-refractivity contribution < 1.29 is 34.2 Å². The summed E-state index contributed by atoms with van der Waals surface area (Å²) >= 11 is 0. The number of nitrogens with two attached hydrogens (primary N) is 1. The average Bonchev–Trinajstić information content (AvgIpc) is 2.10. The Morgan fingerprint density at radius 1 is 1.21 bits per heavy atom. The van der Waals surface area contributed by atoms with Crippen LogP contribution in [0.1, 0.15) is 0 Å². The fourth-order valence-corrected chi connectivity index (χ4v) is 1.01. The summed E-state index contributed by atoms with van der Waals surface area (Å²) in [5.41, 5.74) is 4.98. The standard InChI is InChI=1S/C5H14NO7P/c6-1-3(7)5(9)4(8)2-13-14(10,11)12/h3-5,7-9H,1-2,6H2,(H2,10,11,12)/t3-,4-,5+/m0/s1. The fourth-order valence-electron chi connectivity index (χ4n) is 0.668. The molecule has 0 saturated heterocycles. The topological polar surface area (TPSA) is 153 Å². The summed E-state index contributed by atoms with van der Waals surface area (Å²) < 4.78 is 14.1. The highest BCUT2D eigenvalue weighted by Crippen LogP contribution is 2.35. The van der Waals surface area contributed by atoms with Gasteiger partial charge in [-0.15, -0.1) is 0 Å². The number of phosphoric acid groups is 1. The first-order valence-corrected chi connectivity index (χ1v) is 5.25. The SMILES string of the molecule is NC[C@H](O)[C@@H](O)[C@@H](O)COP(=O)(O)O. The van der Waals surface area contributed by atoms with Gasteiger partial charge in [-0.3, -0.25) is 4.52 Å². The third kappa shape index (κ3) is 5.63. The van der Waals surface area contributed by atoms with E-state index >= 15 is 0 Å². The van der Waals surface area contributed by atoms with Crippen molar-refractivity contribution in [3.05, 3.63) is 0 Å². The summed E-state index contributed by atoms with van der Waals surface area (Å²) in [5, 5.41) is 27.1. The van der Waals surface area contributed by atoms with Gasteiger partial charge in [-0.25, -0.2) is 4.57 Å². The zero-order valence-corrected chi connectivity index (χ0v) is 8.12. The summed E-state index contributed by atoms with van der Waals surface area (Å²) in [5.74, 6) is 0. The Bertz CT molecular complexity index is 206. The quantitative estimate of drug-likeness (QED) is 0.267. The first kappa shape index (κ1) is 13.9. The van der Waals surface area contributed by atoms with Gasteiger partial charge >= 0.3 is 7.82 Å². The molecule has 8 nitrogen and oxygen atoms in total. The van der Waals surface area contributed by atoms with Crippen LogP contribution in [0.3, 0.4) is 0 Å². The molecule has 0 spiro atoms. The maximum atomic E-state index is 10.2. The van der Waals surface area contributed by atoms with E-state index in [0.29, 0.717) is 0 Å². The molecular formula is C5H14NO7P. The van der Waals surface area contributed by atoms with E-state index in [1.165, 1.54) is 0 Å². The lowest BCUT2D eigenvalue weighted by Crippen LogP contribution is -2.43. The molecule has 86 valence electrons. The second-order valence-corrected chi connectivity index (χ2v) is 3.89. The van der Waals surface area contributed by atoms with E-state index < -0.39 is 32.7 Å². The molecule has 0 amide bonds. The number of hydrogen-bond donors (Lipinski definition) is 6. The Labute approximate surface area is 80.2 Å². The second-order valence-electron chi connectivity index (χ2n) is 2.65. The largest absolute Gasteiger partial charge is 0.469 e. The molecule has 0 heterocycles. The lowest BCUT2D eigenvalue weighted by Gasteiger charge is -2.21. The number of aliphatic hydroxyl groups excluding tert-OH is 3. The van der Waals surface area contributed by atoms with Gasteiger partial charge in [0, 0.05) is 6.54 Å². The van der Waals surface area contributed by atoms with Crippen LogP contribution in [0.15, 0.2) is 0 Å². The molecule has 3 atom stereocenters. The van der Waals surface area contributed by atoms with Crippen LogP contribution in [0.4, 0.5) is 0 Å². The minimum atomic E-state index is -4.68. The minimum absolute atomic E-state index is 0.284. The molecule has 0 aromatic carbocycles. The van der Waals surface area contributed by atoms with E-state index in [9.17, 15) is 4.57 Å².